The Morgan fingerprint density at radius 3 is 2.26 bits per heavy atom. The molecule has 0 saturated heterocycles. The van der Waals surface area contributed by atoms with E-state index < -0.39 is 10.0 Å². The molecule has 0 aliphatic rings. The van der Waals surface area contributed by atoms with Gasteiger partial charge >= 0.3 is 0 Å². The molecule has 0 aliphatic heterocycles. The van der Waals surface area contributed by atoms with Crippen molar-refractivity contribution in [1.29, 1.82) is 5.26 Å². The Morgan fingerprint density at radius 1 is 1.21 bits per heavy atom. The molecule has 0 spiro atoms. The van der Waals surface area contributed by atoms with Crippen LogP contribution < -0.4 is 4.72 Å². The normalized spacial score (nSPS) is 12.1. The van der Waals surface area contributed by atoms with Crippen molar-refractivity contribution in [3.8, 4) is 6.07 Å². The second-order valence-corrected chi connectivity index (χ2v) is 7.58. The Bertz CT molecular complexity index is 549. The zero-order chi connectivity index (χ0) is 14.5. The van der Waals surface area contributed by atoms with Gasteiger partial charge < -0.3 is 0 Å². The summed E-state index contributed by atoms with van der Waals surface area (Å²) in [6, 6.07) is 8.59. The van der Waals surface area contributed by atoms with Crippen LogP contribution in [0.4, 0.5) is 0 Å². The zero-order valence-corrected chi connectivity index (χ0v) is 12.4. The fraction of sp³-hybridized carbons (Fsp3) is 0.500. The largest absolute Gasteiger partial charge is 0.215 e. The summed E-state index contributed by atoms with van der Waals surface area (Å²) < 4.78 is 26.3. The minimum absolute atomic E-state index is 0.0527. The molecule has 0 amide bonds. The number of nitriles is 1. The third-order valence-electron chi connectivity index (χ3n) is 2.64. The number of hydrogen-bond donors (Lipinski definition) is 1. The maximum Gasteiger partial charge on any atom is 0.215 e. The lowest BCUT2D eigenvalue weighted by atomic mass is 9.93. The predicted molar refractivity (Wildman–Crippen MR) is 75.9 cm³/mol. The van der Waals surface area contributed by atoms with Crippen LogP contribution in [0.3, 0.4) is 0 Å². The smallest absolute Gasteiger partial charge is 0.215 e. The summed E-state index contributed by atoms with van der Waals surface area (Å²) in [6.45, 7) is 6.66. The van der Waals surface area contributed by atoms with Crippen molar-refractivity contribution in [1.82, 2.24) is 4.72 Å². The van der Waals surface area contributed by atoms with Crippen LogP contribution in [0.5, 0.6) is 0 Å². The van der Waals surface area contributed by atoms with E-state index in [1.54, 1.807) is 24.3 Å². The van der Waals surface area contributed by atoms with Crippen molar-refractivity contribution in [3.05, 3.63) is 35.4 Å². The number of hydrogen-bond acceptors (Lipinski definition) is 3. The minimum atomic E-state index is -3.31. The van der Waals surface area contributed by atoms with Crippen molar-refractivity contribution < 1.29 is 8.42 Å². The fourth-order valence-corrected chi connectivity index (χ4v) is 2.67. The number of sulfonamides is 1. The van der Waals surface area contributed by atoms with Crippen LogP contribution in [0, 0.1) is 16.7 Å². The van der Waals surface area contributed by atoms with Gasteiger partial charge in [-0.25, -0.2) is 13.1 Å². The maximum atomic E-state index is 11.9. The molecule has 4 nitrogen and oxygen atoms in total. The molecule has 1 aromatic rings. The van der Waals surface area contributed by atoms with Gasteiger partial charge in [-0.3, -0.25) is 0 Å². The SMILES string of the molecule is CC(C)(C)CCNS(=O)(=O)Cc1ccc(C#N)cc1. The molecule has 1 N–H and O–H groups in total. The summed E-state index contributed by atoms with van der Waals surface area (Å²) in [4.78, 5) is 0. The molecule has 0 bridgehead atoms. The molecule has 0 fully saturated rings. The van der Waals surface area contributed by atoms with Crippen LogP contribution in [-0.4, -0.2) is 15.0 Å². The minimum Gasteiger partial charge on any atom is -0.215 e. The number of rotatable bonds is 5. The maximum absolute atomic E-state index is 11.9. The molecule has 19 heavy (non-hydrogen) atoms. The lowest BCUT2D eigenvalue weighted by Gasteiger charge is -2.18. The van der Waals surface area contributed by atoms with Gasteiger partial charge in [-0.1, -0.05) is 32.9 Å². The molecule has 0 saturated carbocycles. The highest BCUT2D eigenvalue weighted by molar-refractivity contribution is 7.88. The van der Waals surface area contributed by atoms with Gasteiger partial charge in [0.2, 0.25) is 10.0 Å². The van der Waals surface area contributed by atoms with E-state index in [1.165, 1.54) is 0 Å². The van der Waals surface area contributed by atoms with Crippen LogP contribution in [-0.2, 0) is 15.8 Å². The lowest BCUT2D eigenvalue weighted by Crippen LogP contribution is -2.28. The summed E-state index contributed by atoms with van der Waals surface area (Å²) in [6.07, 6.45) is 0.791. The third-order valence-corrected chi connectivity index (χ3v) is 3.99. The zero-order valence-electron chi connectivity index (χ0n) is 11.6. The Hall–Kier alpha value is -1.38. The number of nitrogens with zero attached hydrogens (tertiary/aromatic N) is 1. The van der Waals surface area contributed by atoms with E-state index in [9.17, 15) is 8.42 Å². The molecule has 104 valence electrons. The summed E-state index contributed by atoms with van der Waals surface area (Å²) in [5.74, 6) is -0.0527. The van der Waals surface area contributed by atoms with Crippen molar-refractivity contribution in [2.45, 2.75) is 32.9 Å². The van der Waals surface area contributed by atoms with Gasteiger partial charge in [0.25, 0.3) is 0 Å². The summed E-state index contributed by atoms with van der Waals surface area (Å²) in [7, 11) is -3.31. The summed E-state index contributed by atoms with van der Waals surface area (Å²) in [5.41, 5.74) is 1.32. The predicted octanol–water partition coefficient (Wildman–Crippen LogP) is 2.41. The average molecular weight is 280 g/mol. The Balaban J connectivity index is 2.57. The third kappa shape index (κ3) is 6.37. The highest BCUT2D eigenvalue weighted by Gasteiger charge is 2.14. The molecule has 5 heteroatoms. The van der Waals surface area contributed by atoms with Crippen molar-refractivity contribution in [2.75, 3.05) is 6.54 Å². The monoisotopic (exact) mass is 280 g/mol. The molecule has 0 unspecified atom stereocenters. The number of nitrogens with one attached hydrogen (secondary N) is 1. The highest BCUT2D eigenvalue weighted by atomic mass is 32.2. The first-order valence-corrected chi connectivity index (χ1v) is 7.83. The lowest BCUT2D eigenvalue weighted by molar-refractivity contribution is 0.378. The van der Waals surface area contributed by atoms with Gasteiger partial charge in [-0.15, -0.1) is 0 Å². The molecule has 0 atom stereocenters. The van der Waals surface area contributed by atoms with Gasteiger partial charge in [0.15, 0.2) is 0 Å². The van der Waals surface area contributed by atoms with Crippen molar-refractivity contribution in [2.24, 2.45) is 5.41 Å². The van der Waals surface area contributed by atoms with Crippen molar-refractivity contribution in [3.63, 3.8) is 0 Å². The van der Waals surface area contributed by atoms with E-state index in [0.29, 0.717) is 17.7 Å². The van der Waals surface area contributed by atoms with Crippen LogP contribution in [0.25, 0.3) is 0 Å². The second kappa shape index (κ2) is 6.18. The molecule has 1 aromatic carbocycles. The summed E-state index contributed by atoms with van der Waals surface area (Å²) >= 11 is 0. The van der Waals surface area contributed by atoms with E-state index in [4.69, 9.17) is 5.26 Å². The standard InChI is InChI=1S/C14H20N2O2S/c1-14(2,3)8-9-16-19(17,18)11-13-6-4-12(10-15)5-7-13/h4-7,16H,8-9,11H2,1-3H3. The van der Waals surface area contributed by atoms with Gasteiger partial charge in [0, 0.05) is 6.54 Å². The highest BCUT2D eigenvalue weighted by Crippen LogP contribution is 2.17. The molecule has 0 aromatic heterocycles. The topological polar surface area (TPSA) is 70.0 Å². The first-order chi connectivity index (χ1) is 8.72. The van der Waals surface area contributed by atoms with Crippen LogP contribution >= 0.6 is 0 Å². The second-order valence-electron chi connectivity index (χ2n) is 5.77. The van der Waals surface area contributed by atoms with E-state index in [2.05, 4.69) is 25.5 Å². The Kier molecular flexibility index (Phi) is 5.10. The fourth-order valence-electron chi connectivity index (χ4n) is 1.53. The average Bonchev–Trinajstić information content (AvgIpc) is 2.27. The van der Waals surface area contributed by atoms with Crippen molar-refractivity contribution >= 4 is 10.0 Å². The van der Waals surface area contributed by atoms with Crippen LogP contribution in [0.2, 0.25) is 0 Å². The van der Waals surface area contributed by atoms with Gasteiger partial charge in [-0.05, 0) is 29.5 Å². The van der Waals surface area contributed by atoms with Crippen LogP contribution in [0.15, 0.2) is 24.3 Å². The van der Waals surface area contributed by atoms with E-state index in [-0.39, 0.29) is 11.2 Å². The molecule has 1 rings (SSSR count). The first-order valence-electron chi connectivity index (χ1n) is 6.18. The quantitative estimate of drug-likeness (QED) is 0.900. The van der Waals surface area contributed by atoms with E-state index in [1.807, 2.05) is 6.07 Å². The summed E-state index contributed by atoms with van der Waals surface area (Å²) in [5, 5.41) is 8.67. The van der Waals surface area contributed by atoms with E-state index in [0.717, 1.165) is 6.42 Å². The molecular weight excluding hydrogens is 260 g/mol. The number of benzene rings is 1. The molecule has 0 heterocycles. The molecule has 0 radical (unpaired) electrons. The molecule has 0 aliphatic carbocycles. The van der Waals surface area contributed by atoms with Gasteiger partial charge in [-0.2, -0.15) is 5.26 Å². The Morgan fingerprint density at radius 2 is 1.79 bits per heavy atom. The van der Waals surface area contributed by atoms with Gasteiger partial charge in [0.05, 0.1) is 17.4 Å². The Labute approximate surface area is 115 Å². The van der Waals surface area contributed by atoms with Crippen LogP contribution in [0.1, 0.15) is 38.3 Å². The first kappa shape index (κ1) is 15.7. The van der Waals surface area contributed by atoms with E-state index >= 15 is 0 Å². The van der Waals surface area contributed by atoms with Gasteiger partial charge in [0.1, 0.15) is 0 Å². The molecular formula is C14H20N2O2S.